The summed E-state index contributed by atoms with van der Waals surface area (Å²) >= 11 is 0. The Labute approximate surface area is 152 Å². The maximum Gasteiger partial charge on any atom is 0.240 e. The fraction of sp³-hybridized carbons (Fsp3) is 0.684. The van der Waals surface area contributed by atoms with Gasteiger partial charge in [-0.1, -0.05) is 6.92 Å². The second-order valence-corrected chi connectivity index (χ2v) is 9.89. The molecule has 2 rings (SSSR count). The highest BCUT2D eigenvalue weighted by Crippen LogP contribution is 2.30. The normalized spacial score (nSPS) is 20.4. The third-order valence-electron chi connectivity index (χ3n) is 4.54. The van der Waals surface area contributed by atoms with Crippen LogP contribution in [-0.4, -0.2) is 32.1 Å². The summed E-state index contributed by atoms with van der Waals surface area (Å²) in [6, 6.07) is 5.02. The summed E-state index contributed by atoms with van der Waals surface area (Å²) in [5.74, 6) is 0.757. The third kappa shape index (κ3) is 5.19. The fourth-order valence-corrected chi connectivity index (χ4v) is 5.27. The molecule has 0 aliphatic carbocycles. The van der Waals surface area contributed by atoms with Crippen LogP contribution in [0.4, 0.5) is 0 Å². The number of aryl methyl sites for hydroxylation is 1. The molecule has 6 heteroatoms. The Hall–Kier alpha value is -1.11. The minimum absolute atomic E-state index is 0.0899. The van der Waals surface area contributed by atoms with Crippen LogP contribution in [0.25, 0.3) is 0 Å². The predicted molar refractivity (Wildman–Crippen MR) is 102 cm³/mol. The van der Waals surface area contributed by atoms with Crippen molar-refractivity contribution in [1.82, 2.24) is 10.0 Å². The molecular formula is C19H32N2O3S. The van der Waals surface area contributed by atoms with Crippen LogP contribution in [0.1, 0.15) is 59.9 Å². The molecule has 1 aromatic rings. The van der Waals surface area contributed by atoms with E-state index < -0.39 is 10.0 Å². The summed E-state index contributed by atoms with van der Waals surface area (Å²) in [7, 11) is -3.56. The van der Waals surface area contributed by atoms with Crippen molar-refractivity contribution in [3.05, 3.63) is 23.8 Å². The molecule has 2 N–H and O–H groups in total. The minimum atomic E-state index is -3.56. The van der Waals surface area contributed by atoms with Gasteiger partial charge >= 0.3 is 0 Å². The number of hydrogen-bond acceptors (Lipinski definition) is 4. The topological polar surface area (TPSA) is 67.4 Å². The molecule has 0 aromatic heterocycles. The van der Waals surface area contributed by atoms with Crippen molar-refractivity contribution < 1.29 is 13.2 Å². The first-order valence-corrected chi connectivity index (χ1v) is 10.5. The molecule has 1 heterocycles. The maximum atomic E-state index is 12.9. The lowest BCUT2D eigenvalue weighted by Crippen LogP contribution is -2.62. The van der Waals surface area contributed by atoms with Crippen LogP contribution >= 0.6 is 0 Å². The van der Waals surface area contributed by atoms with E-state index in [-0.39, 0.29) is 17.1 Å². The first kappa shape index (κ1) is 20.2. The van der Waals surface area contributed by atoms with Gasteiger partial charge in [-0.3, -0.25) is 0 Å². The molecule has 0 unspecified atom stereocenters. The standard InChI is InChI=1S/C19H32N2O3S/c1-7-14-11-16(9-10-17(14)24-8-2)25(22,23)20-15-12-18(3,4)21-19(5,6)13-15/h9-11,15,20-21H,7-8,12-13H2,1-6H3. The molecule has 25 heavy (non-hydrogen) atoms. The van der Waals surface area contributed by atoms with E-state index in [0.29, 0.717) is 11.5 Å². The summed E-state index contributed by atoms with van der Waals surface area (Å²) in [6.07, 6.45) is 2.24. The minimum Gasteiger partial charge on any atom is -0.494 e. The monoisotopic (exact) mass is 368 g/mol. The van der Waals surface area contributed by atoms with Crippen molar-refractivity contribution in [3.8, 4) is 5.75 Å². The zero-order valence-electron chi connectivity index (χ0n) is 16.3. The smallest absolute Gasteiger partial charge is 0.240 e. The van der Waals surface area contributed by atoms with Gasteiger partial charge in [-0.05, 0) is 77.6 Å². The van der Waals surface area contributed by atoms with Gasteiger partial charge in [-0.15, -0.1) is 0 Å². The van der Waals surface area contributed by atoms with Crippen LogP contribution in [-0.2, 0) is 16.4 Å². The van der Waals surface area contributed by atoms with Crippen molar-refractivity contribution in [2.45, 2.75) is 82.8 Å². The van der Waals surface area contributed by atoms with Crippen LogP contribution in [0.15, 0.2) is 23.1 Å². The first-order chi connectivity index (χ1) is 11.5. The molecule has 142 valence electrons. The van der Waals surface area contributed by atoms with E-state index in [4.69, 9.17) is 4.74 Å². The number of sulfonamides is 1. The van der Waals surface area contributed by atoms with Gasteiger partial charge in [0.1, 0.15) is 5.75 Å². The molecule has 1 fully saturated rings. The van der Waals surface area contributed by atoms with Crippen molar-refractivity contribution in [1.29, 1.82) is 0 Å². The lowest BCUT2D eigenvalue weighted by molar-refractivity contribution is 0.157. The number of nitrogens with one attached hydrogen (secondary N) is 2. The second kappa shape index (κ2) is 7.25. The molecule has 1 aliphatic rings. The van der Waals surface area contributed by atoms with E-state index in [9.17, 15) is 8.42 Å². The number of piperidine rings is 1. The highest BCUT2D eigenvalue weighted by molar-refractivity contribution is 7.89. The van der Waals surface area contributed by atoms with Crippen molar-refractivity contribution in [2.75, 3.05) is 6.61 Å². The van der Waals surface area contributed by atoms with E-state index in [1.165, 1.54) is 0 Å². The molecule has 0 spiro atoms. The van der Waals surface area contributed by atoms with E-state index in [1.807, 2.05) is 13.8 Å². The molecule has 1 aromatic carbocycles. The molecule has 0 bridgehead atoms. The molecule has 1 aliphatic heterocycles. The van der Waals surface area contributed by atoms with E-state index in [1.54, 1.807) is 18.2 Å². The zero-order chi connectivity index (χ0) is 18.9. The van der Waals surface area contributed by atoms with Crippen molar-refractivity contribution >= 4 is 10.0 Å². The average molecular weight is 369 g/mol. The molecule has 0 saturated carbocycles. The summed E-state index contributed by atoms with van der Waals surface area (Å²) in [6.45, 7) is 12.9. The highest BCUT2D eigenvalue weighted by atomic mass is 32.2. The fourth-order valence-electron chi connectivity index (χ4n) is 3.99. The van der Waals surface area contributed by atoms with Gasteiger partial charge in [0, 0.05) is 17.1 Å². The number of rotatable bonds is 6. The maximum absolute atomic E-state index is 12.9. The van der Waals surface area contributed by atoms with Gasteiger partial charge in [0.25, 0.3) is 0 Å². The molecule has 5 nitrogen and oxygen atoms in total. The number of benzene rings is 1. The van der Waals surface area contributed by atoms with E-state index >= 15 is 0 Å². The summed E-state index contributed by atoms with van der Waals surface area (Å²) in [5, 5.41) is 3.58. The van der Waals surface area contributed by atoms with Gasteiger partial charge in [0.05, 0.1) is 11.5 Å². The number of hydrogen-bond donors (Lipinski definition) is 2. The third-order valence-corrected chi connectivity index (χ3v) is 6.05. The highest BCUT2D eigenvalue weighted by Gasteiger charge is 2.39. The lowest BCUT2D eigenvalue weighted by atomic mass is 9.80. The Morgan fingerprint density at radius 2 is 1.76 bits per heavy atom. The summed E-state index contributed by atoms with van der Waals surface area (Å²) < 4.78 is 34.3. The van der Waals surface area contributed by atoms with Gasteiger partial charge in [-0.25, -0.2) is 13.1 Å². The largest absolute Gasteiger partial charge is 0.494 e. The Morgan fingerprint density at radius 1 is 1.16 bits per heavy atom. The van der Waals surface area contributed by atoms with Crippen LogP contribution in [0.3, 0.4) is 0 Å². The Kier molecular flexibility index (Phi) is 5.86. The molecule has 0 radical (unpaired) electrons. The van der Waals surface area contributed by atoms with Crippen molar-refractivity contribution in [3.63, 3.8) is 0 Å². The molecule has 0 atom stereocenters. The molecule has 1 saturated heterocycles. The van der Waals surface area contributed by atoms with Gasteiger partial charge < -0.3 is 10.1 Å². The van der Waals surface area contributed by atoms with E-state index in [2.05, 4.69) is 37.7 Å². The Bertz CT molecular complexity index is 695. The van der Waals surface area contributed by atoms with Crippen LogP contribution < -0.4 is 14.8 Å². The second-order valence-electron chi connectivity index (χ2n) is 8.18. The Balaban J connectivity index is 2.24. The number of ether oxygens (including phenoxy) is 1. The molecule has 0 amide bonds. The summed E-state index contributed by atoms with van der Waals surface area (Å²) in [5.41, 5.74) is 0.695. The van der Waals surface area contributed by atoms with Crippen LogP contribution in [0.5, 0.6) is 5.75 Å². The Morgan fingerprint density at radius 3 is 2.28 bits per heavy atom. The van der Waals surface area contributed by atoms with Crippen LogP contribution in [0.2, 0.25) is 0 Å². The quantitative estimate of drug-likeness (QED) is 0.809. The SMILES string of the molecule is CCOc1ccc(S(=O)(=O)NC2CC(C)(C)NC(C)(C)C2)cc1CC. The predicted octanol–water partition coefficient (Wildman–Crippen LogP) is 3.24. The van der Waals surface area contributed by atoms with Gasteiger partial charge in [0.2, 0.25) is 10.0 Å². The lowest BCUT2D eigenvalue weighted by Gasteiger charge is -2.46. The summed E-state index contributed by atoms with van der Waals surface area (Å²) in [4.78, 5) is 0.307. The van der Waals surface area contributed by atoms with Gasteiger partial charge in [0.15, 0.2) is 0 Å². The van der Waals surface area contributed by atoms with E-state index in [0.717, 1.165) is 30.6 Å². The molecular weight excluding hydrogens is 336 g/mol. The average Bonchev–Trinajstić information content (AvgIpc) is 2.43. The van der Waals surface area contributed by atoms with Crippen molar-refractivity contribution in [2.24, 2.45) is 0 Å². The van der Waals surface area contributed by atoms with Gasteiger partial charge in [-0.2, -0.15) is 0 Å². The first-order valence-electron chi connectivity index (χ1n) is 9.05. The zero-order valence-corrected chi connectivity index (χ0v) is 17.1. The van der Waals surface area contributed by atoms with Crippen LogP contribution in [0, 0.1) is 0 Å².